The van der Waals surface area contributed by atoms with Crippen LogP contribution in [0.3, 0.4) is 0 Å². The topological polar surface area (TPSA) is 30.9 Å². The van der Waals surface area contributed by atoms with E-state index in [1.165, 1.54) is 0 Å². The van der Waals surface area contributed by atoms with Gasteiger partial charge in [0.2, 0.25) is 0 Å². The lowest BCUT2D eigenvalue weighted by atomic mass is 10.1. The maximum Gasteiger partial charge on any atom is 0.0499 e. The average Bonchev–Trinajstić information content (AvgIpc) is 2.67. The molecule has 2 aromatic rings. The summed E-state index contributed by atoms with van der Waals surface area (Å²) in [6.07, 6.45) is 4.05. The van der Waals surface area contributed by atoms with Crippen molar-refractivity contribution >= 4 is 5.69 Å². The SMILES string of the molecule is Cc1ccc(-n2cccc2)c(C)c1N. The van der Waals surface area contributed by atoms with Gasteiger partial charge in [-0.05, 0) is 43.2 Å². The highest BCUT2D eigenvalue weighted by Gasteiger charge is 2.04. The normalized spacial score (nSPS) is 10.4. The molecule has 0 bridgehead atoms. The van der Waals surface area contributed by atoms with Gasteiger partial charge in [-0.15, -0.1) is 0 Å². The number of nitrogen functional groups attached to an aromatic ring is 1. The van der Waals surface area contributed by atoms with Gasteiger partial charge in [0, 0.05) is 23.8 Å². The lowest BCUT2D eigenvalue weighted by molar-refractivity contribution is 1.06. The number of nitrogens with zero attached hydrogens (tertiary/aromatic N) is 1. The van der Waals surface area contributed by atoms with Gasteiger partial charge >= 0.3 is 0 Å². The number of aryl methyl sites for hydroxylation is 1. The van der Waals surface area contributed by atoms with Gasteiger partial charge in [0.1, 0.15) is 0 Å². The first-order valence-corrected chi connectivity index (χ1v) is 4.69. The van der Waals surface area contributed by atoms with Gasteiger partial charge in [0.25, 0.3) is 0 Å². The molecule has 0 aliphatic rings. The molecule has 1 aromatic heterocycles. The Morgan fingerprint density at radius 3 is 2.36 bits per heavy atom. The van der Waals surface area contributed by atoms with E-state index in [0.717, 1.165) is 22.5 Å². The minimum Gasteiger partial charge on any atom is -0.398 e. The van der Waals surface area contributed by atoms with Crippen LogP contribution in [0.1, 0.15) is 11.1 Å². The molecule has 0 aliphatic heterocycles. The molecular formula is C12H14N2. The number of rotatable bonds is 1. The van der Waals surface area contributed by atoms with E-state index < -0.39 is 0 Å². The van der Waals surface area contributed by atoms with Gasteiger partial charge in [-0.25, -0.2) is 0 Å². The molecule has 0 atom stereocenters. The van der Waals surface area contributed by atoms with E-state index in [1.807, 2.05) is 31.5 Å². The van der Waals surface area contributed by atoms with Gasteiger partial charge in [-0.1, -0.05) is 6.07 Å². The van der Waals surface area contributed by atoms with Crippen LogP contribution in [-0.2, 0) is 0 Å². The van der Waals surface area contributed by atoms with Gasteiger partial charge in [-0.2, -0.15) is 0 Å². The third kappa shape index (κ3) is 1.29. The number of hydrogen-bond donors (Lipinski definition) is 1. The summed E-state index contributed by atoms with van der Waals surface area (Å²) in [5.74, 6) is 0. The number of nitrogens with two attached hydrogens (primary N) is 1. The van der Waals surface area contributed by atoms with Crippen molar-refractivity contribution in [1.82, 2.24) is 4.57 Å². The van der Waals surface area contributed by atoms with Gasteiger partial charge in [0.15, 0.2) is 0 Å². The van der Waals surface area contributed by atoms with Crippen LogP contribution in [-0.4, -0.2) is 4.57 Å². The Hall–Kier alpha value is -1.70. The first kappa shape index (κ1) is 8.88. The summed E-state index contributed by atoms with van der Waals surface area (Å²) in [6.45, 7) is 4.08. The second-order valence-corrected chi connectivity index (χ2v) is 3.53. The lowest BCUT2D eigenvalue weighted by Gasteiger charge is -2.11. The van der Waals surface area contributed by atoms with Crippen molar-refractivity contribution in [2.45, 2.75) is 13.8 Å². The Bertz CT molecular complexity index is 442. The summed E-state index contributed by atoms with van der Waals surface area (Å²) < 4.78 is 2.07. The maximum absolute atomic E-state index is 5.98. The molecule has 0 radical (unpaired) electrons. The third-order valence-electron chi connectivity index (χ3n) is 2.59. The third-order valence-corrected chi connectivity index (χ3v) is 2.59. The van der Waals surface area contributed by atoms with Crippen LogP contribution >= 0.6 is 0 Å². The summed E-state index contributed by atoms with van der Waals surface area (Å²) in [4.78, 5) is 0. The van der Waals surface area contributed by atoms with Crippen LogP contribution in [0.15, 0.2) is 36.7 Å². The van der Waals surface area contributed by atoms with Crippen LogP contribution in [0, 0.1) is 13.8 Å². The second kappa shape index (κ2) is 3.22. The molecule has 0 spiro atoms. The van der Waals surface area contributed by atoms with Crippen LogP contribution in [0.2, 0.25) is 0 Å². The molecule has 0 amide bonds. The molecule has 0 saturated heterocycles. The summed E-state index contributed by atoms with van der Waals surface area (Å²) in [7, 11) is 0. The Morgan fingerprint density at radius 1 is 1.07 bits per heavy atom. The number of anilines is 1. The standard InChI is InChI=1S/C12H14N2/c1-9-5-6-11(10(2)12(9)13)14-7-3-4-8-14/h3-8H,13H2,1-2H3. The molecule has 2 rings (SSSR count). The monoisotopic (exact) mass is 186 g/mol. The van der Waals surface area contributed by atoms with Crippen LogP contribution in [0.4, 0.5) is 5.69 Å². The Morgan fingerprint density at radius 2 is 1.71 bits per heavy atom. The van der Waals surface area contributed by atoms with Crippen molar-refractivity contribution in [1.29, 1.82) is 0 Å². The largest absolute Gasteiger partial charge is 0.398 e. The fourth-order valence-corrected chi connectivity index (χ4v) is 1.63. The van der Waals surface area contributed by atoms with Crippen molar-refractivity contribution < 1.29 is 0 Å². The van der Waals surface area contributed by atoms with Gasteiger partial charge in [0.05, 0.1) is 0 Å². The number of aromatic nitrogens is 1. The first-order valence-electron chi connectivity index (χ1n) is 4.69. The fraction of sp³-hybridized carbons (Fsp3) is 0.167. The molecule has 1 aromatic carbocycles. The summed E-state index contributed by atoms with van der Waals surface area (Å²) in [5.41, 5.74) is 10.3. The summed E-state index contributed by atoms with van der Waals surface area (Å²) in [6, 6.07) is 8.17. The highest BCUT2D eigenvalue weighted by Crippen LogP contribution is 2.23. The highest BCUT2D eigenvalue weighted by atomic mass is 14.9. The van der Waals surface area contributed by atoms with E-state index >= 15 is 0 Å². The van der Waals surface area contributed by atoms with Crippen LogP contribution < -0.4 is 5.73 Å². The fourth-order valence-electron chi connectivity index (χ4n) is 1.63. The van der Waals surface area contributed by atoms with Crippen molar-refractivity contribution in [3.63, 3.8) is 0 Å². The zero-order valence-electron chi connectivity index (χ0n) is 8.49. The highest BCUT2D eigenvalue weighted by molar-refractivity contribution is 5.61. The van der Waals surface area contributed by atoms with E-state index in [4.69, 9.17) is 5.73 Å². The van der Waals surface area contributed by atoms with E-state index in [1.54, 1.807) is 0 Å². The van der Waals surface area contributed by atoms with Crippen molar-refractivity contribution in [2.75, 3.05) is 5.73 Å². The minimum absolute atomic E-state index is 0.885. The van der Waals surface area contributed by atoms with Gasteiger partial charge in [-0.3, -0.25) is 0 Å². The van der Waals surface area contributed by atoms with Gasteiger partial charge < -0.3 is 10.3 Å². The first-order chi connectivity index (χ1) is 6.70. The Labute approximate surface area is 84.0 Å². The molecule has 1 heterocycles. The Balaban J connectivity index is 2.61. The average molecular weight is 186 g/mol. The predicted molar refractivity (Wildman–Crippen MR) is 59.7 cm³/mol. The molecule has 14 heavy (non-hydrogen) atoms. The van der Waals surface area contributed by atoms with E-state index in [-0.39, 0.29) is 0 Å². The molecule has 0 aliphatic carbocycles. The Kier molecular flexibility index (Phi) is 2.04. The molecule has 2 nitrogen and oxygen atoms in total. The van der Waals surface area contributed by atoms with E-state index in [9.17, 15) is 0 Å². The number of hydrogen-bond acceptors (Lipinski definition) is 1. The molecule has 72 valence electrons. The summed E-state index contributed by atoms with van der Waals surface area (Å²) in [5, 5.41) is 0. The van der Waals surface area contributed by atoms with Crippen LogP contribution in [0.5, 0.6) is 0 Å². The molecule has 0 saturated carbocycles. The van der Waals surface area contributed by atoms with E-state index in [0.29, 0.717) is 0 Å². The smallest absolute Gasteiger partial charge is 0.0499 e. The molecule has 0 unspecified atom stereocenters. The molecule has 2 heteroatoms. The van der Waals surface area contributed by atoms with Crippen molar-refractivity contribution in [2.24, 2.45) is 0 Å². The van der Waals surface area contributed by atoms with Crippen LogP contribution in [0.25, 0.3) is 5.69 Å². The maximum atomic E-state index is 5.98. The molecule has 2 N–H and O–H groups in total. The van der Waals surface area contributed by atoms with Crippen molar-refractivity contribution in [3.8, 4) is 5.69 Å². The minimum atomic E-state index is 0.885. The zero-order valence-corrected chi connectivity index (χ0v) is 8.49. The summed E-state index contributed by atoms with van der Waals surface area (Å²) >= 11 is 0. The van der Waals surface area contributed by atoms with Crippen molar-refractivity contribution in [3.05, 3.63) is 47.8 Å². The van der Waals surface area contributed by atoms with E-state index in [2.05, 4.69) is 23.6 Å². The predicted octanol–water partition coefficient (Wildman–Crippen LogP) is 2.68. The second-order valence-electron chi connectivity index (χ2n) is 3.53. The number of benzene rings is 1. The quantitative estimate of drug-likeness (QED) is 0.682. The molecule has 0 fully saturated rings. The zero-order chi connectivity index (χ0) is 10.1. The molecular weight excluding hydrogens is 172 g/mol. The lowest BCUT2D eigenvalue weighted by Crippen LogP contribution is -2.00.